The van der Waals surface area contributed by atoms with Gasteiger partial charge in [0.1, 0.15) is 0 Å². The lowest BCUT2D eigenvalue weighted by Crippen LogP contribution is -1.93. The van der Waals surface area contributed by atoms with Crippen molar-refractivity contribution in [1.82, 2.24) is 9.97 Å². The average Bonchev–Trinajstić information content (AvgIpc) is 2.17. The van der Waals surface area contributed by atoms with E-state index in [4.69, 9.17) is 0 Å². The molecule has 2 nitrogen and oxygen atoms in total. The molecule has 0 saturated heterocycles. The van der Waals surface area contributed by atoms with Crippen molar-refractivity contribution in [3.8, 4) is 0 Å². The summed E-state index contributed by atoms with van der Waals surface area (Å²) >= 11 is 0. The average molecular weight is 184 g/mol. The summed E-state index contributed by atoms with van der Waals surface area (Å²) in [6.45, 7) is 5.86. The van der Waals surface area contributed by atoms with Gasteiger partial charge in [-0.1, -0.05) is 24.3 Å². The number of para-hydroxylation sites is 2. The van der Waals surface area contributed by atoms with Crippen molar-refractivity contribution in [1.29, 1.82) is 0 Å². The maximum absolute atomic E-state index is 4.49. The van der Waals surface area contributed by atoms with Gasteiger partial charge in [-0.05, 0) is 19.1 Å². The maximum Gasteiger partial charge on any atom is 0.0890 e. The van der Waals surface area contributed by atoms with Gasteiger partial charge in [0.2, 0.25) is 0 Å². The van der Waals surface area contributed by atoms with E-state index < -0.39 is 0 Å². The fourth-order valence-corrected chi connectivity index (χ4v) is 1.39. The number of aromatic nitrogens is 2. The smallest absolute Gasteiger partial charge is 0.0890 e. The van der Waals surface area contributed by atoms with Gasteiger partial charge in [-0.15, -0.1) is 0 Å². The van der Waals surface area contributed by atoms with Crippen LogP contribution in [0.5, 0.6) is 0 Å². The highest BCUT2D eigenvalue weighted by molar-refractivity contribution is 5.73. The molecule has 0 aliphatic carbocycles. The normalized spacial score (nSPS) is 10.4. The Kier molecular flexibility index (Phi) is 2.27. The Morgan fingerprint density at radius 1 is 1.29 bits per heavy atom. The van der Waals surface area contributed by atoms with E-state index in [0.29, 0.717) is 0 Å². The van der Waals surface area contributed by atoms with Crippen molar-refractivity contribution in [2.75, 3.05) is 0 Å². The Balaban J connectivity index is 2.46. The fourth-order valence-electron chi connectivity index (χ4n) is 1.39. The molecule has 0 radical (unpaired) electrons. The first-order valence-corrected chi connectivity index (χ1v) is 4.61. The number of allylic oxidation sites excluding steroid dienone is 1. The molecular formula is C12H12N2. The minimum atomic E-state index is 0.803. The van der Waals surface area contributed by atoms with Crippen LogP contribution in [0.2, 0.25) is 0 Å². The second-order valence-corrected chi connectivity index (χ2v) is 3.48. The third kappa shape index (κ3) is 1.79. The predicted octanol–water partition coefficient (Wildman–Crippen LogP) is 2.75. The number of fused-ring (bicyclic) bond motifs is 1. The van der Waals surface area contributed by atoms with Crippen molar-refractivity contribution >= 4 is 11.0 Å². The number of hydrogen-bond acceptors (Lipinski definition) is 2. The molecule has 0 unspecified atom stereocenters. The number of benzene rings is 1. The number of hydrogen-bond donors (Lipinski definition) is 0. The van der Waals surface area contributed by atoms with Crippen molar-refractivity contribution in [2.24, 2.45) is 0 Å². The molecule has 2 rings (SSSR count). The van der Waals surface area contributed by atoms with Gasteiger partial charge in [0, 0.05) is 12.6 Å². The van der Waals surface area contributed by atoms with Gasteiger partial charge in [-0.2, -0.15) is 0 Å². The summed E-state index contributed by atoms with van der Waals surface area (Å²) in [5, 5.41) is 0. The summed E-state index contributed by atoms with van der Waals surface area (Å²) in [7, 11) is 0. The molecule has 1 aromatic carbocycles. The van der Waals surface area contributed by atoms with Gasteiger partial charge < -0.3 is 0 Å². The zero-order valence-electron chi connectivity index (χ0n) is 8.20. The van der Waals surface area contributed by atoms with Crippen LogP contribution in [-0.2, 0) is 6.42 Å². The minimum Gasteiger partial charge on any atom is -0.253 e. The van der Waals surface area contributed by atoms with Gasteiger partial charge >= 0.3 is 0 Å². The summed E-state index contributed by atoms with van der Waals surface area (Å²) < 4.78 is 0. The molecule has 0 aliphatic heterocycles. The molecule has 0 fully saturated rings. The van der Waals surface area contributed by atoms with E-state index in [2.05, 4.69) is 16.5 Å². The van der Waals surface area contributed by atoms with E-state index in [1.807, 2.05) is 37.4 Å². The van der Waals surface area contributed by atoms with Gasteiger partial charge in [0.25, 0.3) is 0 Å². The second kappa shape index (κ2) is 3.58. The Bertz CT molecular complexity index is 474. The summed E-state index contributed by atoms with van der Waals surface area (Å²) in [6.07, 6.45) is 2.62. The summed E-state index contributed by atoms with van der Waals surface area (Å²) in [4.78, 5) is 8.82. The topological polar surface area (TPSA) is 25.8 Å². The molecular weight excluding hydrogens is 172 g/mol. The van der Waals surface area contributed by atoms with E-state index in [9.17, 15) is 0 Å². The van der Waals surface area contributed by atoms with Crippen molar-refractivity contribution in [2.45, 2.75) is 13.3 Å². The van der Waals surface area contributed by atoms with Crippen LogP contribution in [0.25, 0.3) is 11.0 Å². The molecule has 0 bridgehead atoms. The second-order valence-electron chi connectivity index (χ2n) is 3.48. The van der Waals surface area contributed by atoms with Crippen LogP contribution in [0, 0.1) is 0 Å². The van der Waals surface area contributed by atoms with Gasteiger partial charge in [-0.25, -0.2) is 4.98 Å². The third-order valence-corrected chi connectivity index (χ3v) is 1.98. The molecule has 0 amide bonds. The molecule has 0 N–H and O–H groups in total. The Labute approximate surface area is 83.3 Å². The number of rotatable bonds is 2. The number of nitrogens with zero attached hydrogens (tertiary/aromatic N) is 2. The standard InChI is InChI=1S/C12H12N2/c1-9(2)7-10-8-13-11-5-3-4-6-12(11)14-10/h3-6,8H,1,7H2,2H3. The van der Waals surface area contributed by atoms with Crippen molar-refractivity contribution in [3.05, 3.63) is 48.3 Å². The lowest BCUT2D eigenvalue weighted by atomic mass is 10.2. The van der Waals surface area contributed by atoms with Crippen LogP contribution in [0.3, 0.4) is 0 Å². The fraction of sp³-hybridized carbons (Fsp3) is 0.167. The molecule has 14 heavy (non-hydrogen) atoms. The van der Waals surface area contributed by atoms with Gasteiger partial charge in [0.05, 0.1) is 16.7 Å². The van der Waals surface area contributed by atoms with E-state index in [1.54, 1.807) is 0 Å². The molecule has 0 spiro atoms. The highest BCUT2D eigenvalue weighted by Gasteiger charge is 1.98. The van der Waals surface area contributed by atoms with Crippen LogP contribution in [0.4, 0.5) is 0 Å². The molecule has 70 valence electrons. The predicted molar refractivity (Wildman–Crippen MR) is 58.1 cm³/mol. The largest absolute Gasteiger partial charge is 0.253 e. The lowest BCUT2D eigenvalue weighted by molar-refractivity contribution is 1.05. The molecule has 0 saturated carbocycles. The van der Waals surface area contributed by atoms with Crippen LogP contribution in [0.15, 0.2) is 42.6 Å². The Morgan fingerprint density at radius 2 is 2.00 bits per heavy atom. The molecule has 0 aliphatic rings. The summed E-state index contributed by atoms with van der Waals surface area (Å²) in [5.74, 6) is 0. The zero-order valence-corrected chi connectivity index (χ0v) is 8.20. The van der Waals surface area contributed by atoms with Crippen LogP contribution in [-0.4, -0.2) is 9.97 Å². The van der Waals surface area contributed by atoms with Gasteiger partial charge in [0.15, 0.2) is 0 Å². The third-order valence-electron chi connectivity index (χ3n) is 1.98. The monoisotopic (exact) mass is 184 g/mol. The van der Waals surface area contributed by atoms with Gasteiger partial charge in [-0.3, -0.25) is 4.98 Å². The van der Waals surface area contributed by atoms with Crippen LogP contribution in [0.1, 0.15) is 12.6 Å². The summed E-state index contributed by atoms with van der Waals surface area (Å²) in [6, 6.07) is 7.88. The summed E-state index contributed by atoms with van der Waals surface area (Å²) in [5.41, 5.74) is 3.98. The van der Waals surface area contributed by atoms with Crippen molar-refractivity contribution in [3.63, 3.8) is 0 Å². The van der Waals surface area contributed by atoms with E-state index >= 15 is 0 Å². The molecule has 2 aromatic rings. The highest BCUT2D eigenvalue weighted by Crippen LogP contribution is 2.10. The first-order valence-electron chi connectivity index (χ1n) is 4.61. The first kappa shape index (κ1) is 8.88. The molecule has 0 atom stereocenters. The minimum absolute atomic E-state index is 0.803. The quantitative estimate of drug-likeness (QED) is 0.671. The highest BCUT2D eigenvalue weighted by atomic mass is 14.8. The van der Waals surface area contributed by atoms with Crippen LogP contribution < -0.4 is 0 Å². The molecule has 1 heterocycles. The first-order chi connectivity index (χ1) is 6.75. The Hall–Kier alpha value is -1.70. The lowest BCUT2D eigenvalue weighted by Gasteiger charge is -2.01. The van der Waals surface area contributed by atoms with E-state index in [1.165, 1.54) is 0 Å². The van der Waals surface area contributed by atoms with Crippen LogP contribution >= 0.6 is 0 Å². The van der Waals surface area contributed by atoms with E-state index in [0.717, 1.165) is 28.7 Å². The van der Waals surface area contributed by atoms with E-state index in [-0.39, 0.29) is 0 Å². The SMILES string of the molecule is C=C(C)Cc1cnc2ccccc2n1. The Morgan fingerprint density at radius 3 is 2.71 bits per heavy atom. The molecule has 2 heteroatoms. The maximum atomic E-state index is 4.49. The zero-order chi connectivity index (χ0) is 9.97. The van der Waals surface area contributed by atoms with Crippen molar-refractivity contribution < 1.29 is 0 Å². The molecule has 1 aromatic heterocycles.